The number of hydrogen-bond acceptors (Lipinski definition) is 6. The number of piperidine rings is 1. The van der Waals surface area contributed by atoms with Gasteiger partial charge in [0.1, 0.15) is 17.7 Å². The van der Waals surface area contributed by atoms with Gasteiger partial charge in [0, 0.05) is 43.2 Å². The maximum atomic E-state index is 13.8. The van der Waals surface area contributed by atoms with Crippen molar-refractivity contribution < 1.29 is 14.3 Å². The van der Waals surface area contributed by atoms with Crippen molar-refractivity contribution in [2.45, 2.75) is 83.4 Å². The summed E-state index contributed by atoms with van der Waals surface area (Å²) in [5.41, 5.74) is 7.58. The molecule has 4 aliphatic carbocycles. The number of primary amides is 1. The van der Waals surface area contributed by atoms with E-state index in [-0.39, 0.29) is 35.0 Å². The lowest BCUT2D eigenvalue weighted by Gasteiger charge is -2.59. The number of pyridine rings is 1. The number of amides is 3. The van der Waals surface area contributed by atoms with Crippen LogP contribution >= 0.6 is 0 Å². The zero-order valence-corrected chi connectivity index (χ0v) is 25.8. The molecule has 1 saturated heterocycles. The first-order valence-electron chi connectivity index (χ1n) is 16.2. The summed E-state index contributed by atoms with van der Waals surface area (Å²) in [4.78, 5) is 37.5. The number of anilines is 3. The second kappa shape index (κ2) is 10.7. The van der Waals surface area contributed by atoms with Crippen LogP contribution in [0.5, 0.6) is 5.75 Å². The fourth-order valence-corrected chi connectivity index (χ4v) is 9.03. The van der Waals surface area contributed by atoms with E-state index >= 15 is 0 Å². The van der Waals surface area contributed by atoms with Gasteiger partial charge in [-0.25, -0.2) is 9.78 Å². The second-order valence-electron chi connectivity index (χ2n) is 14.7. The van der Waals surface area contributed by atoms with Crippen molar-refractivity contribution >= 4 is 29.1 Å². The molecule has 3 heterocycles. The van der Waals surface area contributed by atoms with Crippen LogP contribution in [0.15, 0.2) is 42.6 Å². The number of benzene rings is 1. The molecular formula is C34H46N6O3. The number of carbonyl (C=O) groups is 2. The van der Waals surface area contributed by atoms with Gasteiger partial charge in [-0.15, -0.1) is 0 Å². The molecule has 2 aliphatic heterocycles. The smallest absolute Gasteiger partial charge is 0.322 e. The predicted octanol–water partition coefficient (Wildman–Crippen LogP) is 5.07. The Bertz CT molecular complexity index is 1350. The molecule has 1 aromatic heterocycles. The molecule has 9 heteroatoms. The number of para-hydroxylation sites is 2. The van der Waals surface area contributed by atoms with Crippen LogP contribution in [0.4, 0.5) is 22.0 Å². The molecule has 230 valence electrons. The highest BCUT2D eigenvalue weighted by molar-refractivity contribution is 5.98. The van der Waals surface area contributed by atoms with E-state index in [1.54, 1.807) is 0 Å². The van der Waals surface area contributed by atoms with Gasteiger partial charge in [-0.05, 0) is 108 Å². The highest BCUT2D eigenvalue weighted by Gasteiger charge is 2.58. The van der Waals surface area contributed by atoms with E-state index in [4.69, 9.17) is 15.5 Å². The van der Waals surface area contributed by atoms with Crippen LogP contribution in [0.25, 0.3) is 0 Å². The standard InChI is InChI=1S/C34H46N6O3/c1-33(2,3)38-12-10-25(11-13-38)43-26-8-9-29(36-21-26)39-14-15-40(28-7-5-4-6-27(28)39)32(42)37-30-23-16-22-17-24(30)20-34(18-22,19-23)31(35)41/h4-9,21-25,30H,10-20H2,1-3H3,(H2,35,41)(H,37,42)/t22?,23-,24+,30?,34?. The Morgan fingerprint density at radius 3 is 2.28 bits per heavy atom. The van der Waals surface area contributed by atoms with E-state index < -0.39 is 0 Å². The van der Waals surface area contributed by atoms with E-state index in [0.717, 1.165) is 81.0 Å². The molecule has 43 heavy (non-hydrogen) atoms. The van der Waals surface area contributed by atoms with Crippen LogP contribution in [-0.4, -0.2) is 65.7 Å². The number of likely N-dealkylation sites (tertiary alicyclic amines) is 1. The molecule has 8 rings (SSSR count). The SMILES string of the molecule is CC(C)(C)N1CCC(Oc2ccc(N3CCN(C(=O)NC4[C@@H]5CC6C[C@H]4CC(C(N)=O)(C6)C5)c4ccccc43)nc2)CC1. The summed E-state index contributed by atoms with van der Waals surface area (Å²) < 4.78 is 6.31. The molecule has 2 aromatic rings. The number of rotatable bonds is 5. The number of urea groups is 1. The predicted molar refractivity (Wildman–Crippen MR) is 168 cm³/mol. The number of nitrogens with zero attached hydrogens (tertiary/aromatic N) is 4. The van der Waals surface area contributed by atoms with Crippen molar-refractivity contribution in [3.63, 3.8) is 0 Å². The van der Waals surface area contributed by atoms with Crippen LogP contribution in [0.1, 0.15) is 65.7 Å². The summed E-state index contributed by atoms with van der Waals surface area (Å²) in [6.07, 6.45) is 8.81. The number of nitrogens with two attached hydrogens (primary N) is 1. The lowest BCUT2D eigenvalue weighted by atomic mass is 9.47. The summed E-state index contributed by atoms with van der Waals surface area (Å²) >= 11 is 0. The molecule has 5 fully saturated rings. The van der Waals surface area contributed by atoms with Gasteiger partial charge in [0.2, 0.25) is 5.91 Å². The number of ether oxygens (including phenoxy) is 1. The molecule has 3 amide bonds. The third kappa shape index (κ3) is 5.23. The maximum Gasteiger partial charge on any atom is 0.322 e. The Balaban J connectivity index is 1.01. The summed E-state index contributed by atoms with van der Waals surface area (Å²) in [5.74, 6) is 2.73. The Morgan fingerprint density at radius 1 is 0.953 bits per heavy atom. The highest BCUT2D eigenvalue weighted by atomic mass is 16.5. The molecule has 3 N–H and O–H groups in total. The third-order valence-electron chi connectivity index (χ3n) is 11.0. The largest absolute Gasteiger partial charge is 0.489 e. The van der Waals surface area contributed by atoms with Crippen LogP contribution in [0, 0.1) is 23.2 Å². The molecule has 0 radical (unpaired) electrons. The number of fused-ring (bicyclic) bond motifs is 1. The van der Waals surface area contributed by atoms with E-state index in [1.807, 2.05) is 41.4 Å². The monoisotopic (exact) mass is 586 g/mol. The van der Waals surface area contributed by atoms with Crippen LogP contribution < -0.4 is 25.6 Å². The van der Waals surface area contributed by atoms with Gasteiger partial charge >= 0.3 is 6.03 Å². The quantitative estimate of drug-likeness (QED) is 0.507. The Labute approximate surface area is 255 Å². The average Bonchev–Trinajstić information content (AvgIpc) is 2.98. The van der Waals surface area contributed by atoms with E-state index in [9.17, 15) is 9.59 Å². The third-order valence-corrected chi connectivity index (χ3v) is 11.0. The number of hydrogen-bond donors (Lipinski definition) is 2. The van der Waals surface area contributed by atoms with E-state index in [2.05, 4.69) is 42.0 Å². The summed E-state index contributed by atoms with van der Waals surface area (Å²) in [6, 6.07) is 12.2. The van der Waals surface area contributed by atoms with Crippen molar-refractivity contribution in [1.29, 1.82) is 0 Å². The first-order chi connectivity index (χ1) is 20.6. The molecule has 0 spiro atoms. The summed E-state index contributed by atoms with van der Waals surface area (Å²) in [5, 5.41) is 3.42. The Morgan fingerprint density at radius 2 is 1.65 bits per heavy atom. The molecule has 9 nitrogen and oxygen atoms in total. The van der Waals surface area contributed by atoms with Crippen LogP contribution in [0.2, 0.25) is 0 Å². The minimum absolute atomic E-state index is 0.0492. The fraction of sp³-hybridized carbons (Fsp3) is 0.618. The molecule has 1 aromatic carbocycles. The summed E-state index contributed by atoms with van der Waals surface area (Å²) in [6.45, 7) is 10.1. The van der Waals surface area contributed by atoms with Gasteiger partial charge in [0.15, 0.2) is 0 Å². The van der Waals surface area contributed by atoms with Crippen molar-refractivity contribution in [2.75, 3.05) is 36.0 Å². The van der Waals surface area contributed by atoms with Crippen molar-refractivity contribution in [2.24, 2.45) is 28.9 Å². The van der Waals surface area contributed by atoms with Gasteiger partial charge in [-0.3, -0.25) is 14.6 Å². The minimum Gasteiger partial charge on any atom is -0.489 e. The van der Waals surface area contributed by atoms with Gasteiger partial charge < -0.3 is 20.7 Å². The Hall–Kier alpha value is -3.33. The average molecular weight is 587 g/mol. The van der Waals surface area contributed by atoms with Gasteiger partial charge in [0.25, 0.3) is 0 Å². The number of carbonyl (C=O) groups excluding carboxylic acids is 2. The van der Waals surface area contributed by atoms with E-state index in [0.29, 0.717) is 30.8 Å². The zero-order chi connectivity index (χ0) is 29.9. The molecule has 4 saturated carbocycles. The van der Waals surface area contributed by atoms with E-state index in [1.165, 1.54) is 0 Å². The normalized spacial score (nSPS) is 30.7. The molecule has 4 bridgehead atoms. The lowest BCUT2D eigenvalue weighted by molar-refractivity contribution is -0.145. The van der Waals surface area contributed by atoms with Gasteiger partial charge in [-0.1, -0.05) is 12.1 Å². The number of nitrogens with one attached hydrogen (secondary N) is 1. The van der Waals surface area contributed by atoms with Crippen molar-refractivity contribution in [1.82, 2.24) is 15.2 Å². The molecular weight excluding hydrogens is 540 g/mol. The first-order valence-corrected chi connectivity index (χ1v) is 16.2. The molecule has 5 atom stereocenters. The van der Waals surface area contributed by atoms with Crippen LogP contribution in [-0.2, 0) is 4.79 Å². The molecule has 6 aliphatic rings. The van der Waals surface area contributed by atoms with Gasteiger partial charge in [-0.2, -0.15) is 0 Å². The van der Waals surface area contributed by atoms with Gasteiger partial charge in [0.05, 0.1) is 17.6 Å². The lowest BCUT2D eigenvalue weighted by Crippen LogP contribution is -2.63. The first kappa shape index (κ1) is 28.4. The van der Waals surface area contributed by atoms with Crippen molar-refractivity contribution in [3.8, 4) is 5.75 Å². The summed E-state index contributed by atoms with van der Waals surface area (Å²) in [7, 11) is 0. The molecule has 3 unspecified atom stereocenters. The maximum absolute atomic E-state index is 13.8. The van der Waals surface area contributed by atoms with Crippen LogP contribution in [0.3, 0.4) is 0 Å². The minimum atomic E-state index is -0.354. The second-order valence-corrected chi connectivity index (χ2v) is 14.7. The van der Waals surface area contributed by atoms with Crippen molar-refractivity contribution in [3.05, 3.63) is 42.6 Å². The highest BCUT2D eigenvalue weighted by Crippen LogP contribution is 2.60. The number of aromatic nitrogens is 1. The Kier molecular flexibility index (Phi) is 7.07. The fourth-order valence-electron chi connectivity index (χ4n) is 9.03. The topological polar surface area (TPSA) is 104 Å². The zero-order valence-electron chi connectivity index (χ0n) is 25.8.